The first-order valence-electron chi connectivity index (χ1n) is 10.4. The van der Waals surface area contributed by atoms with Gasteiger partial charge in [-0.3, -0.25) is 4.79 Å². The molecule has 1 aliphatic rings. The molecule has 32 heavy (non-hydrogen) atoms. The number of ether oxygens (including phenoxy) is 2. The lowest BCUT2D eigenvalue weighted by atomic mass is 10.1. The van der Waals surface area contributed by atoms with Gasteiger partial charge >= 0.3 is 0 Å². The molecule has 7 nitrogen and oxygen atoms in total. The summed E-state index contributed by atoms with van der Waals surface area (Å²) < 4.78 is 17.1. The molecule has 0 unspecified atom stereocenters. The fraction of sp³-hybridized carbons (Fsp3) is 0.160. The van der Waals surface area contributed by atoms with E-state index in [4.69, 9.17) is 13.9 Å². The van der Waals surface area contributed by atoms with E-state index in [1.807, 2.05) is 31.2 Å². The number of benzene rings is 3. The summed E-state index contributed by atoms with van der Waals surface area (Å²) in [6, 6.07) is 20.3. The fourth-order valence-corrected chi connectivity index (χ4v) is 3.44. The largest absolute Gasteiger partial charge is 0.490 e. The van der Waals surface area contributed by atoms with Crippen LogP contribution in [0.1, 0.15) is 22.3 Å². The molecule has 0 spiro atoms. The highest BCUT2D eigenvalue weighted by Gasteiger charge is 2.14. The van der Waals surface area contributed by atoms with Crippen LogP contribution in [0.15, 0.2) is 71.1 Å². The van der Waals surface area contributed by atoms with E-state index in [9.17, 15) is 4.79 Å². The number of amides is 1. The van der Waals surface area contributed by atoms with E-state index in [1.165, 1.54) is 0 Å². The van der Waals surface area contributed by atoms with E-state index < -0.39 is 0 Å². The summed E-state index contributed by atoms with van der Waals surface area (Å²) >= 11 is 0. The molecule has 160 valence electrons. The van der Waals surface area contributed by atoms with Crippen LogP contribution in [0.25, 0.3) is 22.9 Å². The van der Waals surface area contributed by atoms with Gasteiger partial charge in [0.2, 0.25) is 11.8 Å². The molecule has 5 rings (SSSR count). The van der Waals surface area contributed by atoms with Crippen molar-refractivity contribution >= 4 is 11.6 Å². The van der Waals surface area contributed by atoms with Crippen molar-refractivity contribution in [3.05, 3.63) is 77.9 Å². The zero-order valence-corrected chi connectivity index (χ0v) is 17.5. The minimum atomic E-state index is -0.225. The maximum absolute atomic E-state index is 12.7. The second-order valence-corrected chi connectivity index (χ2v) is 7.53. The predicted molar refractivity (Wildman–Crippen MR) is 120 cm³/mol. The third-order valence-electron chi connectivity index (χ3n) is 5.09. The van der Waals surface area contributed by atoms with Gasteiger partial charge in [0.1, 0.15) is 0 Å². The summed E-state index contributed by atoms with van der Waals surface area (Å²) in [5.74, 6) is 1.96. The van der Waals surface area contributed by atoms with Gasteiger partial charge in [0.05, 0.1) is 13.2 Å². The van der Waals surface area contributed by atoms with Crippen LogP contribution in [0.2, 0.25) is 0 Å². The standard InChI is InChI=1S/C25H21N3O4/c1-16-4-2-5-19(14-16)25-28-27-24(32-25)18-8-6-17(7-9-18)23(29)26-20-10-11-21-22(15-20)31-13-3-12-30-21/h2,4-11,14-15H,3,12-13H2,1H3,(H,26,29). The summed E-state index contributed by atoms with van der Waals surface area (Å²) in [4.78, 5) is 12.7. The molecule has 0 atom stereocenters. The zero-order chi connectivity index (χ0) is 21.9. The summed E-state index contributed by atoms with van der Waals surface area (Å²) in [7, 11) is 0. The van der Waals surface area contributed by atoms with E-state index in [0.29, 0.717) is 47.7 Å². The molecule has 0 radical (unpaired) electrons. The Bertz CT molecular complexity index is 1260. The SMILES string of the molecule is Cc1cccc(-c2nnc(-c3ccc(C(=O)Nc4ccc5c(c4)OCCCO5)cc3)o2)c1. The number of nitrogens with one attached hydrogen (secondary N) is 1. The van der Waals surface area contributed by atoms with Crippen molar-refractivity contribution < 1.29 is 18.7 Å². The van der Waals surface area contributed by atoms with Crippen LogP contribution in [0.4, 0.5) is 5.69 Å². The third-order valence-corrected chi connectivity index (χ3v) is 5.09. The number of aryl methyl sites for hydroxylation is 1. The van der Waals surface area contributed by atoms with E-state index in [1.54, 1.807) is 42.5 Å². The molecule has 1 N–H and O–H groups in total. The molecule has 1 amide bonds. The summed E-state index contributed by atoms with van der Waals surface area (Å²) in [5.41, 5.74) is 3.88. The lowest BCUT2D eigenvalue weighted by molar-refractivity contribution is 0.102. The molecule has 1 aliphatic heterocycles. The van der Waals surface area contributed by atoms with Crippen LogP contribution < -0.4 is 14.8 Å². The second-order valence-electron chi connectivity index (χ2n) is 7.53. The van der Waals surface area contributed by atoms with Gasteiger partial charge in [-0.15, -0.1) is 10.2 Å². The number of carbonyl (C=O) groups is 1. The van der Waals surface area contributed by atoms with E-state index in [0.717, 1.165) is 23.1 Å². The smallest absolute Gasteiger partial charge is 0.255 e. The van der Waals surface area contributed by atoms with Crippen molar-refractivity contribution in [2.75, 3.05) is 18.5 Å². The van der Waals surface area contributed by atoms with Gasteiger partial charge in [-0.1, -0.05) is 17.7 Å². The molecular formula is C25H21N3O4. The number of rotatable bonds is 4. The van der Waals surface area contributed by atoms with Gasteiger partial charge in [0.15, 0.2) is 11.5 Å². The first-order valence-corrected chi connectivity index (χ1v) is 10.4. The van der Waals surface area contributed by atoms with Gasteiger partial charge in [0, 0.05) is 34.9 Å². The highest BCUT2D eigenvalue weighted by Crippen LogP contribution is 2.32. The number of hydrogen-bond donors (Lipinski definition) is 1. The zero-order valence-electron chi connectivity index (χ0n) is 17.5. The molecule has 0 aliphatic carbocycles. The van der Waals surface area contributed by atoms with Gasteiger partial charge in [-0.05, 0) is 55.5 Å². The van der Waals surface area contributed by atoms with Crippen molar-refractivity contribution in [3.8, 4) is 34.4 Å². The minimum Gasteiger partial charge on any atom is -0.490 e. The Morgan fingerprint density at radius 1 is 0.844 bits per heavy atom. The van der Waals surface area contributed by atoms with Crippen LogP contribution in [0.5, 0.6) is 11.5 Å². The summed E-state index contributed by atoms with van der Waals surface area (Å²) in [6.45, 7) is 3.22. The van der Waals surface area contributed by atoms with E-state index in [2.05, 4.69) is 15.5 Å². The number of hydrogen-bond acceptors (Lipinski definition) is 6. The van der Waals surface area contributed by atoms with Gasteiger partial charge < -0.3 is 19.2 Å². The van der Waals surface area contributed by atoms with Crippen LogP contribution in [0.3, 0.4) is 0 Å². The Labute approximate surface area is 185 Å². The molecular weight excluding hydrogens is 406 g/mol. The molecule has 0 fully saturated rings. The average Bonchev–Trinajstić information content (AvgIpc) is 3.19. The Kier molecular flexibility index (Phi) is 5.29. The Hall–Kier alpha value is -4.13. The maximum Gasteiger partial charge on any atom is 0.255 e. The minimum absolute atomic E-state index is 0.225. The number of nitrogens with zero attached hydrogens (tertiary/aromatic N) is 2. The first kappa shape index (κ1) is 19.8. The van der Waals surface area contributed by atoms with Crippen molar-refractivity contribution in [1.29, 1.82) is 0 Å². The Morgan fingerprint density at radius 3 is 2.38 bits per heavy atom. The normalized spacial score (nSPS) is 12.8. The molecule has 0 saturated carbocycles. The third kappa shape index (κ3) is 4.18. The number of fused-ring (bicyclic) bond motifs is 1. The first-order chi connectivity index (χ1) is 15.7. The fourth-order valence-electron chi connectivity index (χ4n) is 3.44. The molecule has 0 saturated heterocycles. The summed E-state index contributed by atoms with van der Waals surface area (Å²) in [6.07, 6.45) is 0.829. The predicted octanol–water partition coefficient (Wildman–Crippen LogP) is 5.13. The lowest BCUT2D eigenvalue weighted by Gasteiger charge is -2.10. The van der Waals surface area contributed by atoms with Crippen molar-refractivity contribution in [2.45, 2.75) is 13.3 Å². The highest BCUT2D eigenvalue weighted by atomic mass is 16.5. The molecule has 4 aromatic rings. The quantitative estimate of drug-likeness (QED) is 0.486. The number of anilines is 1. The molecule has 0 bridgehead atoms. The van der Waals surface area contributed by atoms with Crippen molar-refractivity contribution in [3.63, 3.8) is 0 Å². The highest BCUT2D eigenvalue weighted by molar-refractivity contribution is 6.04. The van der Waals surface area contributed by atoms with Crippen molar-refractivity contribution in [1.82, 2.24) is 10.2 Å². The van der Waals surface area contributed by atoms with E-state index >= 15 is 0 Å². The number of carbonyl (C=O) groups excluding carboxylic acids is 1. The molecule has 2 heterocycles. The summed E-state index contributed by atoms with van der Waals surface area (Å²) in [5, 5.41) is 11.2. The van der Waals surface area contributed by atoms with Crippen LogP contribution in [-0.2, 0) is 0 Å². The van der Waals surface area contributed by atoms with Crippen LogP contribution in [-0.4, -0.2) is 29.3 Å². The van der Waals surface area contributed by atoms with Crippen molar-refractivity contribution in [2.24, 2.45) is 0 Å². The van der Waals surface area contributed by atoms with Gasteiger partial charge in [0.25, 0.3) is 5.91 Å². The van der Waals surface area contributed by atoms with E-state index in [-0.39, 0.29) is 5.91 Å². The van der Waals surface area contributed by atoms with Crippen LogP contribution >= 0.6 is 0 Å². The monoisotopic (exact) mass is 427 g/mol. The number of aromatic nitrogens is 2. The lowest BCUT2D eigenvalue weighted by Crippen LogP contribution is -2.11. The Morgan fingerprint density at radius 2 is 1.59 bits per heavy atom. The van der Waals surface area contributed by atoms with Crippen LogP contribution in [0, 0.1) is 6.92 Å². The van der Waals surface area contributed by atoms with Gasteiger partial charge in [-0.25, -0.2) is 0 Å². The molecule has 7 heteroatoms. The Balaban J connectivity index is 1.30. The average molecular weight is 427 g/mol. The topological polar surface area (TPSA) is 86.5 Å². The molecule has 3 aromatic carbocycles. The van der Waals surface area contributed by atoms with Gasteiger partial charge in [-0.2, -0.15) is 0 Å². The second kappa shape index (κ2) is 8.55. The molecule has 1 aromatic heterocycles. The maximum atomic E-state index is 12.7.